The minimum absolute atomic E-state index is 0.0437. The van der Waals surface area contributed by atoms with E-state index in [9.17, 15) is 29.4 Å². The Labute approximate surface area is 232 Å². The first-order chi connectivity index (χ1) is 18.7. The van der Waals surface area contributed by atoms with Gasteiger partial charge in [0.1, 0.15) is 0 Å². The molecule has 2 amide bonds. The Kier molecular flexibility index (Phi) is 10.3. The van der Waals surface area contributed by atoms with Gasteiger partial charge in [-0.25, -0.2) is 0 Å². The largest absolute Gasteiger partial charge is 0.481 e. The van der Waals surface area contributed by atoms with Gasteiger partial charge in [0.2, 0.25) is 11.8 Å². The number of carboxylic acid groups (broad SMARTS) is 2. The van der Waals surface area contributed by atoms with Crippen molar-refractivity contribution in [3.63, 3.8) is 0 Å². The van der Waals surface area contributed by atoms with Crippen LogP contribution in [0.1, 0.15) is 96.8 Å². The third-order valence-electron chi connectivity index (χ3n) is 10.4. The Morgan fingerprint density at radius 1 is 0.615 bits per heavy atom. The number of nitrogens with one attached hydrogen (secondary N) is 2. The Hall–Kier alpha value is -2.16. The van der Waals surface area contributed by atoms with Crippen molar-refractivity contribution < 1.29 is 34.1 Å². The first-order valence-corrected chi connectivity index (χ1v) is 15.3. The Bertz CT molecular complexity index is 879. The molecule has 9 heteroatoms. The summed E-state index contributed by atoms with van der Waals surface area (Å²) in [6, 6.07) is 0.0437. The molecule has 39 heavy (non-hydrogen) atoms. The van der Waals surface area contributed by atoms with E-state index in [4.69, 9.17) is 4.74 Å². The molecule has 6 unspecified atom stereocenters. The topological polar surface area (TPSA) is 142 Å². The maximum atomic E-state index is 13.5. The van der Waals surface area contributed by atoms with Crippen LogP contribution in [-0.2, 0) is 23.9 Å². The van der Waals surface area contributed by atoms with Crippen LogP contribution in [0.3, 0.4) is 0 Å². The predicted octanol–water partition coefficient (Wildman–Crippen LogP) is 3.99. The first-order valence-electron chi connectivity index (χ1n) is 15.3. The van der Waals surface area contributed by atoms with Gasteiger partial charge in [-0.05, 0) is 108 Å². The quantitative estimate of drug-likeness (QED) is 0.359. The van der Waals surface area contributed by atoms with Crippen molar-refractivity contribution in [3.8, 4) is 0 Å². The average Bonchev–Trinajstić information content (AvgIpc) is 2.94. The fourth-order valence-electron chi connectivity index (χ4n) is 7.91. The summed E-state index contributed by atoms with van der Waals surface area (Å²) in [7, 11) is 1.53. The minimum Gasteiger partial charge on any atom is -0.481 e. The van der Waals surface area contributed by atoms with E-state index in [0.717, 1.165) is 44.4 Å². The lowest BCUT2D eigenvalue weighted by molar-refractivity contribution is -0.152. The molecule has 4 aliphatic rings. The molecule has 6 atom stereocenters. The van der Waals surface area contributed by atoms with Gasteiger partial charge in [-0.2, -0.15) is 0 Å². The molecule has 0 spiro atoms. The second-order valence-corrected chi connectivity index (χ2v) is 12.9. The Morgan fingerprint density at radius 2 is 1.08 bits per heavy atom. The highest BCUT2D eigenvalue weighted by Gasteiger charge is 2.46. The van der Waals surface area contributed by atoms with E-state index in [-0.39, 0.29) is 35.8 Å². The van der Waals surface area contributed by atoms with Crippen molar-refractivity contribution in [2.45, 2.75) is 115 Å². The van der Waals surface area contributed by atoms with Crippen LogP contribution in [0.5, 0.6) is 0 Å². The second-order valence-electron chi connectivity index (χ2n) is 12.9. The van der Waals surface area contributed by atoms with Crippen LogP contribution in [0.2, 0.25) is 0 Å². The molecule has 0 heterocycles. The molecule has 0 aromatic rings. The molecule has 4 fully saturated rings. The van der Waals surface area contributed by atoms with E-state index >= 15 is 0 Å². The monoisotopic (exact) mass is 548 g/mol. The summed E-state index contributed by atoms with van der Waals surface area (Å²) in [6.07, 6.45) is 12.1. The zero-order chi connectivity index (χ0) is 28.1. The van der Waals surface area contributed by atoms with Gasteiger partial charge in [0.25, 0.3) is 0 Å². The third kappa shape index (κ3) is 7.53. The number of carboxylic acids is 2. The molecular weight excluding hydrogens is 500 g/mol. The fraction of sp³-hybridized carbons (Fsp3) is 0.867. The maximum Gasteiger partial charge on any atom is 0.307 e. The molecule has 0 radical (unpaired) electrons. The lowest BCUT2D eigenvalue weighted by Gasteiger charge is -2.42. The van der Waals surface area contributed by atoms with E-state index in [1.54, 1.807) is 0 Å². The van der Waals surface area contributed by atoms with Gasteiger partial charge in [-0.3, -0.25) is 19.2 Å². The molecule has 0 saturated heterocycles. The van der Waals surface area contributed by atoms with Crippen molar-refractivity contribution in [2.24, 2.45) is 41.4 Å². The van der Waals surface area contributed by atoms with Gasteiger partial charge in [-0.1, -0.05) is 6.92 Å². The molecule has 4 N–H and O–H groups in total. The average molecular weight is 549 g/mol. The molecule has 0 aliphatic heterocycles. The van der Waals surface area contributed by atoms with Gasteiger partial charge < -0.3 is 25.6 Å². The van der Waals surface area contributed by atoms with E-state index in [1.807, 2.05) is 0 Å². The van der Waals surface area contributed by atoms with Crippen molar-refractivity contribution in [1.29, 1.82) is 0 Å². The smallest absolute Gasteiger partial charge is 0.307 e. The van der Waals surface area contributed by atoms with E-state index in [2.05, 4.69) is 17.6 Å². The lowest BCUT2D eigenvalue weighted by Crippen LogP contribution is -2.48. The first kappa shape index (κ1) is 29.8. The number of hydrogen-bond acceptors (Lipinski definition) is 5. The summed E-state index contributed by atoms with van der Waals surface area (Å²) in [5, 5.41) is 25.3. The van der Waals surface area contributed by atoms with Gasteiger partial charge >= 0.3 is 11.9 Å². The summed E-state index contributed by atoms with van der Waals surface area (Å²) >= 11 is 0. The normalized spacial score (nSPS) is 39.3. The molecule has 220 valence electrons. The Morgan fingerprint density at radius 3 is 1.54 bits per heavy atom. The third-order valence-corrected chi connectivity index (χ3v) is 10.4. The standard InChI is InChI=1S/C30H48N2O7/c1-17-3-9-21(10-4-17)39-22-11-7-20(8-12-22)32-28(34)26-16-19(6-14-24(26)30(37)38)18-5-13-23(29(35)36)25(15-18)27(33)31-2/h17-26H,3-16H2,1-2H3,(H,31,33)(H,32,34)(H,35,36)(H,37,38). The predicted molar refractivity (Wildman–Crippen MR) is 145 cm³/mol. The highest BCUT2D eigenvalue weighted by molar-refractivity contribution is 5.85. The number of carbonyl (C=O) groups is 4. The van der Waals surface area contributed by atoms with Crippen LogP contribution >= 0.6 is 0 Å². The summed E-state index contributed by atoms with van der Waals surface area (Å²) in [5.41, 5.74) is 0. The summed E-state index contributed by atoms with van der Waals surface area (Å²) in [5.74, 6) is -3.87. The zero-order valence-electron chi connectivity index (χ0n) is 23.6. The van der Waals surface area contributed by atoms with Gasteiger partial charge in [0, 0.05) is 13.1 Å². The zero-order valence-corrected chi connectivity index (χ0v) is 23.6. The van der Waals surface area contributed by atoms with Crippen molar-refractivity contribution in [1.82, 2.24) is 10.6 Å². The molecule has 4 saturated carbocycles. The second kappa shape index (κ2) is 13.5. The minimum atomic E-state index is -0.942. The number of rotatable bonds is 8. The van der Waals surface area contributed by atoms with E-state index < -0.39 is 35.6 Å². The fourth-order valence-corrected chi connectivity index (χ4v) is 7.91. The summed E-state index contributed by atoms with van der Waals surface area (Å²) < 4.78 is 6.38. The van der Waals surface area contributed by atoms with Gasteiger partial charge in [-0.15, -0.1) is 0 Å². The Balaban J connectivity index is 1.31. The number of ether oxygens (including phenoxy) is 1. The number of amides is 2. The molecular formula is C30H48N2O7. The van der Waals surface area contributed by atoms with Crippen LogP contribution in [0.4, 0.5) is 0 Å². The molecule has 0 aromatic carbocycles. The van der Waals surface area contributed by atoms with Crippen molar-refractivity contribution in [3.05, 3.63) is 0 Å². The summed E-state index contributed by atoms with van der Waals surface area (Å²) in [4.78, 5) is 49.7. The van der Waals surface area contributed by atoms with E-state index in [0.29, 0.717) is 44.6 Å². The van der Waals surface area contributed by atoms with E-state index in [1.165, 1.54) is 19.9 Å². The molecule has 4 rings (SSSR count). The highest BCUT2D eigenvalue weighted by atomic mass is 16.5. The number of carbonyl (C=O) groups excluding carboxylic acids is 2. The van der Waals surface area contributed by atoms with Gasteiger partial charge in [0.05, 0.1) is 35.9 Å². The SMILES string of the molecule is CNC(=O)C1CC(C2CCC(C(=O)O)C(C(=O)NC3CCC(OC4CCC(C)CC4)CC3)C2)CCC1C(=O)O. The van der Waals surface area contributed by atoms with Crippen LogP contribution in [0.15, 0.2) is 0 Å². The number of aliphatic carboxylic acids is 2. The summed E-state index contributed by atoms with van der Waals surface area (Å²) in [6.45, 7) is 2.30. The van der Waals surface area contributed by atoms with Crippen molar-refractivity contribution >= 4 is 23.8 Å². The molecule has 0 aromatic heterocycles. The lowest BCUT2D eigenvalue weighted by atomic mass is 9.63. The van der Waals surface area contributed by atoms with Crippen LogP contribution in [-0.4, -0.2) is 59.3 Å². The maximum absolute atomic E-state index is 13.5. The highest BCUT2D eigenvalue weighted by Crippen LogP contribution is 2.46. The van der Waals surface area contributed by atoms with Gasteiger partial charge in [0.15, 0.2) is 0 Å². The number of hydrogen-bond donors (Lipinski definition) is 4. The van der Waals surface area contributed by atoms with Crippen LogP contribution < -0.4 is 10.6 Å². The molecule has 0 bridgehead atoms. The van der Waals surface area contributed by atoms with Crippen LogP contribution in [0, 0.1) is 41.4 Å². The van der Waals surface area contributed by atoms with Crippen molar-refractivity contribution in [2.75, 3.05) is 7.05 Å². The molecule has 4 aliphatic carbocycles. The van der Waals surface area contributed by atoms with Crippen LogP contribution in [0.25, 0.3) is 0 Å². The molecule has 9 nitrogen and oxygen atoms in total.